The van der Waals surface area contributed by atoms with Crippen LogP contribution in [0, 0.1) is 0 Å². The Hall–Kier alpha value is -4.63. The Balaban J connectivity index is 0.000000723. The van der Waals surface area contributed by atoms with Crippen LogP contribution in [0.2, 0.25) is 0 Å². The van der Waals surface area contributed by atoms with Crippen molar-refractivity contribution in [1.29, 1.82) is 0 Å². The second-order valence-electron chi connectivity index (χ2n) is 9.30. The molecule has 0 saturated heterocycles. The van der Waals surface area contributed by atoms with Crippen LogP contribution < -0.4 is 20.8 Å². The molecule has 0 radical (unpaired) electrons. The third kappa shape index (κ3) is 5.49. The van der Waals surface area contributed by atoms with E-state index in [-0.39, 0.29) is 12.4 Å². The SMILES string of the molecule is CC(=O)O.NCCCCn1c(Cc2ccccc2)c(-c2nc3cc4c(cc3[nH]c2=O)OCO4)c2ccccc21. The highest BCUT2D eigenvalue weighted by Crippen LogP contribution is 2.37. The molecule has 9 heteroatoms. The Bertz CT molecular complexity index is 1690. The van der Waals surface area contributed by atoms with Crippen LogP contribution in [0.25, 0.3) is 33.2 Å². The molecule has 1 aliphatic heterocycles. The molecule has 39 heavy (non-hydrogen) atoms. The standard InChI is InChI=1S/C28H26N4O3.C2H4O2/c29-12-6-7-13-32-22-11-5-4-10-19(22)26(23(32)14-18-8-2-1-3-9-18)27-28(33)31-21-16-25-24(34-17-35-25)15-20(21)30-27;1-2(3)4/h1-5,8-11,15-16H,6-7,12-14,17,29H2,(H,31,33);1H3,(H,3,4). The quantitative estimate of drug-likeness (QED) is 0.262. The van der Waals surface area contributed by atoms with Gasteiger partial charge in [-0.05, 0) is 31.0 Å². The zero-order valence-corrected chi connectivity index (χ0v) is 21.6. The summed E-state index contributed by atoms with van der Waals surface area (Å²) in [7, 11) is 0. The van der Waals surface area contributed by atoms with E-state index in [9.17, 15) is 4.79 Å². The highest BCUT2D eigenvalue weighted by Gasteiger charge is 2.23. The molecule has 3 heterocycles. The van der Waals surface area contributed by atoms with Crippen molar-refractivity contribution in [3.63, 3.8) is 0 Å². The van der Waals surface area contributed by atoms with Crippen molar-refractivity contribution in [2.45, 2.75) is 32.7 Å². The number of nitrogens with two attached hydrogens (primary N) is 1. The van der Waals surface area contributed by atoms with E-state index in [0.717, 1.165) is 48.5 Å². The number of carboxylic acids is 1. The van der Waals surface area contributed by atoms with Crippen LogP contribution in [0.1, 0.15) is 31.0 Å². The van der Waals surface area contributed by atoms with Gasteiger partial charge in [-0.15, -0.1) is 0 Å². The molecule has 5 aromatic rings. The van der Waals surface area contributed by atoms with E-state index in [4.69, 9.17) is 30.1 Å². The van der Waals surface area contributed by atoms with Crippen molar-refractivity contribution in [3.05, 3.63) is 88.3 Å². The number of aromatic amines is 1. The summed E-state index contributed by atoms with van der Waals surface area (Å²) in [4.78, 5) is 30.3. The number of para-hydroxylation sites is 1. The zero-order valence-electron chi connectivity index (χ0n) is 21.6. The fourth-order valence-corrected chi connectivity index (χ4v) is 4.91. The molecule has 0 fully saturated rings. The van der Waals surface area contributed by atoms with Crippen LogP contribution in [0.15, 0.2) is 71.5 Å². The second-order valence-corrected chi connectivity index (χ2v) is 9.30. The van der Waals surface area contributed by atoms with Crippen LogP contribution in [0.4, 0.5) is 0 Å². The number of nitrogens with zero attached hydrogens (tertiary/aromatic N) is 2. The van der Waals surface area contributed by atoms with E-state index in [1.54, 1.807) is 6.07 Å². The number of rotatable bonds is 7. The number of carbonyl (C=O) groups is 1. The molecule has 0 aliphatic carbocycles. The fourth-order valence-electron chi connectivity index (χ4n) is 4.91. The monoisotopic (exact) mass is 526 g/mol. The Morgan fingerprint density at radius 1 is 1.05 bits per heavy atom. The van der Waals surface area contributed by atoms with Gasteiger partial charge in [0.05, 0.1) is 11.0 Å². The van der Waals surface area contributed by atoms with E-state index in [2.05, 4.69) is 33.8 Å². The lowest BCUT2D eigenvalue weighted by Crippen LogP contribution is -2.13. The minimum atomic E-state index is -0.833. The average Bonchev–Trinajstić information content (AvgIpc) is 3.49. The van der Waals surface area contributed by atoms with Gasteiger partial charge in [0, 0.05) is 54.2 Å². The van der Waals surface area contributed by atoms with Gasteiger partial charge in [-0.25, -0.2) is 4.98 Å². The summed E-state index contributed by atoms with van der Waals surface area (Å²) < 4.78 is 13.3. The van der Waals surface area contributed by atoms with Crippen LogP contribution in [-0.2, 0) is 17.8 Å². The van der Waals surface area contributed by atoms with Gasteiger partial charge in [-0.3, -0.25) is 9.59 Å². The molecule has 0 bridgehead atoms. The van der Waals surface area contributed by atoms with Gasteiger partial charge in [0.15, 0.2) is 11.5 Å². The van der Waals surface area contributed by atoms with E-state index in [1.165, 1.54) is 5.56 Å². The summed E-state index contributed by atoms with van der Waals surface area (Å²) in [6.07, 6.45) is 2.59. The minimum absolute atomic E-state index is 0.167. The number of aliphatic carboxylic acids is 1. The molecule has 9 nitrogen and oxygen atoms in total. The van der Waals surface area contributed by atoms with Gasteiger partial charge in [-0.1, -0.05) is 48.5 Å². The Labute approximate surface area is 224 Å². The lowest BCUT2D eigenvalue weighted by Gasteiger charge is -2.13. The number of hydrogen-bond donors (Lipinski definition) is 3. The normalized spacial score (nSPS) is 11.9. The summed E-state index contributed by atoms with van der Waals surface area (Å²) in [6.45, 7) is 2.73. The number of hydrogen-bond acceptors (Lipinski definition) is 6. The van der Waals surface area contributed by atoms with Gasteiger partial charge >= 0.3 is 0 Å². The van der Waals surface area contributed by atoms with Gasteiger partial charge in [-0.2, -0.15) is 0 Å². The Morgan fingerprint density at radius 2 is 1.74 bits per heavy atom. The lowest BCUT2D eigenvalue weighted by molar-refractivity contribution is -0.134. The van der Waals surface area contributed by atoms with Crippen molar-refractivity contribution >= 4 is 27.9 Å². The molecule has 3 aromatic carbocycles. The fraction of sp³-hybridized carbons (Fsp3) is 0.233. The topological polar surface area (TPSA) is 132 Å². The third-order valence-corrected chi connectivity index (χ3v) is 6.55. The van der Waals surface area contributed by atoms with Crippen molar-refractivity contribution in [2.75, 3.05) is 13.3 Å². The highest BCUT2D eigenvalue weighted by atomic mass is 16.7. The molecule has 0 amide bonds. The molecular formula is C30H30N4O5. The first-order valence-electron chi connectivity index (χ1n) is 12.8. The van der Waals surface area contributed by atoms with E-state index in [0.29, 0.717) is 41.2 Å². The summed E-state index contributed by atoms with van der Waals surface area (Å²) >= 11 is 0. The van der Waals surface area contributed by atoms with Crippen LogP contribution >= 0.6 is 0 Å². The number of aromatic nitrogens is 3. The molecule has 6 rings (SSSR count). The number of unbranched alkanes of at least 4 members (excludes halogenated alkanes) is 1. The first-order chi connectivity index (χ1) is 19.0. The maximum absolute atomic E-state index is 13.4. The molecule has 1 aliphatic rings. The lowest BCUT2D eigenvalue weighted by atomic mass is 10.0. The number of fused-ring (bicyclic) bond motifs is 3. The number of benzene rings is 3. The van der Waals surface area contributed by atoms with Crippen molar-refractivity contribution in [2.24, 2.45) is 5.73 Å². The number of aryl methyl sites for hydroxylation is 1. The van der Waals surface area contributed by atoms with Crippen molar-refractivity contribution < 1.29 is 19.4 Å². The van der Waals surface area contributed by atoms with E-state index < -0.39 is 5.97 Å². The number of nitrogens with one attached hydrogen (secondary N) is 1. The molecule has 0 unspecified atom stereocenters. The molecule has 0 saturated carbocycles. The second kappa shape index (κ2) is 11.4. The van der Waals surface area contributed by atoms with Crippen molar-refractivity contribution in [3.8, 4) is 22.8 Å². The minimum Gasteiger partial charge on any atom is -0.481 e. The summed E-state index contributed by atoms with van der Waals surface area (Å²) in [5, 5.41) is 8.43. The summed E-state index contributed by atoms with van der Waals surface area (Å²) in [5.41, 5.74) is 11.5. The highest BCUT2D eigenvalue weighted by molar-refractivity contribution is 5.98. The summed E-state index contributed by atoms with van der Waals surface area (Å²) in [5.74, 6) is 0.417. The maximum Gasteiger partial charge on any atom is 0.300 e. The van der Waals surface area contributed by atoms with Crippen LogP contribution in [-0.4, -0.2) is 38.9 Å². The average molecular weight is 527 g/mol. The van der Waals surface area contributed by atoms with Gasteiger partial charge in [0.2, 0.25) is 6.79 Å². The smallest absolute Gasteiger partial charge is 0.300 e. The Kier molecular flexibility index (Phi) is 7.60. The predicted octanol–water partition coefficient (Wildman–Crippen LogP) is 4.69. The van der Waals surface area contributed by atoms with Gasteiger partial charge in [0.1, 0.15) is 5.69 Å². The third-order valence-electron chi connectivity index (χ3n) is 6.55. The van der Waals surface area contributed by atoms with Gasteiger partial charge in [0.25, 0.3) is 11.5 Å². The van der Waals surface area contributed by atoms with Crippen LogP contribution in [0.3, 0.4) is 0 Å². The molecule has 0 spiro atoms. The molecule has 0 atom stereocenters. The zero-order chi connectivity index (χ0) is 27.4. The number of carboxylic acid groups (broad SMARTS) is 1. The molecule has 200 valence electrons. The van der Waals surface area contributed by atoms with E-state index in [1.807, 2.05) is 36.4 Å². The van der Waals surface area contributed by atoms with Crippen molar-refractivity contribution in [1.82, 2.24) is 14.5 Å². The molecule has 4 N–H and O–H groups in total. The number of H-pyrrole nitrogens is 1. The largest absolute Gasteiger partial charge is 0.481 e. The van der Waals surface area contributed by atoms with Gasteiger partial charge < -0.3 is 29.9 Å². The summed E-state index contributed by atoms with van der Waals surface area (Å²) in [6, 6.07) is 22.2. The maximum atomic E-state index is 13.4. The van der Waals surface area contributed by atoms with E-state index >= 15 is 0 Å². The molecular weight excluding hydrogens is 496 g/mol. The predicted molar refractivity (Wildman–Crippen MR) is 150 cm³/mol. The number of ether oxygens (including phenoxy) is 2. The molecule has 2 aromatic heterocycles. The Morgan fingerprint density at radius 3 is 2.49 bits per heavy atom. The van der Waals surface area contributed by atoms with Crippen LogP contribution in [0.5, 0.6) is 11.5 Å². The first-order valence-corrected chi connectivity index (χ1v) is 12.8. The first kappa shape index (κ1) is 26.0.